The van der Waals surface area contributed by atoms with Crippen LogP contribution >= 0.6 is 0 Å². The quantitative estimate of drug-likeness (QED) is 0.177. The molecule has 6 nitrogen and oxygen atoms in total. The summed E-state index contributed by atoms with van der Waals surface area (Å²) in [5.74, 6) is 1.44. The number of hydrogen-bond acceptors (Lipinski definition) is 5. The van der Waals surface area contributed by atoms with Crippen molar-refractivity contribution in [1.29, 1.82) is 0 Å². The number of benzene rings is 8. The third-order valence-corrected chi connectivity index (χ3v) is 12.9. The molecule has 0 saturated carbocycles. The normalized spacial score (nSPS) is 15.7. The van der Waals surface area contributed by atoms with E-state index < -0.39 is 0 Å². The van der Waals surface area contributed by atoms with Gasteiger partial charge in [-0.05, 0) is 88.6 Å². The highest BCUT2D eigenvalue weighted by Crippen LogP contribution is 2.50. The van der Waals surface area contributed by atoms with Gasteiger partial charge in [-0.25, -0.2) is 9.97 Å². The van der Waals surface area contributed by atoms with Gasteiger partial charge in [-0.1, -0.05) is 121 Å². The van der Waals surface area contributed by atoms with Crippen molar-refractivity contribution in [3.8, 4) is 45.2 Å². The average molecular weight is 796 g/mol. The molecule has 0 amide bonds. The number of hydrogen-bond donors (Lipinski definition) is 0. The summed E-state index contributed by atoms with van der Waals surface area (Å²) in [6.45, 7) is 0. The Kier molecular flexibility index (Phi) is 6.85. The summed E-state index contributed by atoms with van der Waals surface area (Å²) in [4.78, 5) is 11.1. The van der Waals surface area contributed by atoms with E-state index in [0.29, 0.717) is 17.1 Å². The molecule has 0 bridgehead atoms. The summed E-state index contributed by atoms with van der Waals surface area (Å²) in [5.41, 5.74) is 12.8. The number of ether oxygens (including phenoxy) is 1. The van der Waals surface area contributed by atoms with Crippen LogP contribution < -0.4 is 4.74 Å². The zero-order valence-electron chi connectivity index (χ0n) is 33.1. The maximum Gasteiger partial charge on any atom is 0.180 e. The maximum absolute atomic E-state index is 6.80. The van der Waals surface area contributed by atoms with E-state index in [1.165, 1.54) is 21.5 Å². The first-order valence-electron chi connectivity index (χ1n) is 21.0. The number of aromatic nitrogens is 3. The molecule has 2 atom stereocenters. The molecule has 6 heteroatoms. The maximum atomic E-state index is 6.80. The third kappa shape index (κ3) is 4.80. The molecule has 1 aliphatic carbocycles. The van der Waals surface area contributed by atoms with Crippen LogP contribution in [0.2, 0.25) is 0 Å². The fourth-order valence-corrected chi connectivity index (χ4v) is 10.1. The Morgan fingerprint density at radius 2 is 1.24 bits per heavy atom. The molecular weight excluding hydrogens is 763 g/mol. The fraction of sp³-hybridized carbons (Fsp3) is 0.0357. The second kappa shape index (κ2) is 12.6. The van der Waals surface area contributed by atoms with Crippen molar-refractivity contribution in [2.75, 3.05) is 0 Å². The smallest absolute Gasteiger partial charge is 0.180 e. The van der Waals surface area contributed by atoms with E-state index >= 15 is 0 Å². The highest BCUT2D eigenvalue weighted by atomic mass is 16.5. The first-order chi connectivity index (χ1) is 30.7. The van der Waals surface area contributed by atoms with Crippen LogP contribution in [-0.4, -0.2) is 20.6 Å². The largest absolute Gasteiger partial charge is 0.485 e. The molecule has 0 radical (unpaired) electrons. The van der Waals surface area contributed by atoms with E-state index in [0.717, 1.165) is 88.7 Å². The van der Waals surface area contributed by atoms with Crippen LogP contribution in [0.4, 0.5) is 0 Å². The van der Waals surface area contributed by atoms with Gasteiger partial charge in [0.05, 0.1) is 16.7 Å². The monoisotopic (exact) mass is 795 g/mol. The molecule has 8 aromatic carbocycles. The van der Waals surface area contributed by atoms with E-state index in [9.17, 15) is 0 Å². The van der Waals surface area contributed by atoms with Crippen LogP contribution in [-0.2, 0) is 0 Å². The Hall–Kier alpha value is -8.22. The van der Waals surface area contributed by atoms with Gasteiger partial charge in [0.25, 0.3) is 0 Å². The standard InChI is InChI=1S/C56H33N3O3/c1-2-12-32(13-3-1)35-23-26-48-43(29-35)53-55(62-48)52(36-22-24-39-38-17-7-10-20-46(38)61-50(39)31-36)57-56(58-53)41-25-27-49-51(40-18-8-11-21-47(40)60-49)54(41)59-44-19-9-6-16-37(44)42-28-33-14-4-5-15-34(33)30-45(42)59/h1-31,40,47H. The van der Waals surface area contributed by atoms with Crippen molar-refractivity contribution in [3.63, 3.8) is 0 Å². The highest BCUT2D eigenvalue weighted by Gasteiger charge is 2.37. The molecule has 1 aliphatic heterocycles. The first-order valence-corrected chi connectivity index (χ1v) is 21.0. The molecular formula is C56H33N3O3. The van der Waals surface area contributed by atoms with Crippen LogP contribution in [0.3, 0.4) is 0 Å². The molecule has 290 valence electrons. The van der Waals surface area contributed by atoms with Crippen molar-refractivity contribution in [2.45, 2.75) is 12.0 Å². The van der Waals surface area contributed by atoms with Crippen molar-refractivity contribution in [2.24, 2.45) is 0 Å². The van der Waals surface area contributed by atoms with Gasteiger partial charge in [-0.15, -0.1) is 0 Å². The number of rotatable bonds is 4. The first kappa shape index (κ1) is 33.6. The van der Waals surface area contributed by atoms with Gasteiger partial charge >= 0.3 is 0 Å². The van der Waals surface area contributed by atoms with Gasteiger partial charge in [0.2, 0.25) is 0 Å². The van der Waals surface area contributed by atoms with Gasteiger partial charge in [-0.3, -0.25) is 0 Å². The molecule has 0 spiro atoms. The molecule has 5 heterocycles. The number of para-hydroxylation sites is 2. The van der Waals surface area contributed by atoms with E-state index in [4.69, 9.17) is 23.5 Å². The summed E-state index contributed by atoms with van der Waals surface area (Å²) in [7, 11) is 0. The number of allylic oxidation sites excluding steroid dienone is 2. The summed E-state index contributed by atoms with van der Waals surface area (Å²) in [6, 6.07) is 57.5. The van der Waals surface area contributed by atoms with Gasteiger partial charge in [-0.2, -0.15) is 0 Å². The summed E-state index contributed by atoms with van der Waals surface area (Å²) < 4.78 is 22.4. The molecule has 62 heavy (non-hydrogen) atoms. The molecule has 14 rings (SSSR count). The van der Waals surface area contributed by atoms with Gasteiger partial charge < -0.3 is 18.1 Å². The van der Waals surface area contributed by atoms with Crippen LogP contribution in [0, 0.1) is 0 Å². The summed E-state index contributed by atoms with van der Waals surface area (Å²) >= 11 is 0. The molecule has 0 fully saturated rings. The molecule has 2 aliphatic rings. The Morgan fingerprint density at radius 3 is 2.16 bits per heavy atom. The predicted octanol–water partition coefficient (Wildman–Crippen LogP) is 14.5. The molecule has 0 N–H and O–H groups in total. The molecule has 2 unspecified atom stereocenters. The lowest BCUT2D eigenvalue weighted by Gasteiger charge is -2.20. The van der Waals surface area contributed by atoms with Gasteiger partial charge in [0.15, 0.2) is 11.4 Å². The number of nitrogens with zero attached hydrogens (tertiary/aromatic N) is 3. The zero-order chi connectivity index (χ0) is 40.5. The van der Waals surface area contributed by atoms with Crippen molar-refractivity contribution >= 4 is 76.6 Å². The number of fused-ring (bicyclic) bond motifs is 13. The lowest BCUT2D eigenvalue weighted by Crippen LogP contribution is -2.16. The van der Waals surface area contributed by atoms with Crippen molar-refractivity contribution in [1.82, 2.24) is 14.5 Å². The second-order valence-electron chi connectivity index (χ2n) is 16.4. The minimum Gasteiger partial charge on any atom is -0.485 e. The zero-order valence-corrected chi connectivity index (χ0v) is 33.1. The van der Waals surface area contributed by atoms with E-state index in [1.54, 1.807) is 0 Å². The second-order valence-corrected chi connectivity index (χ2v) is 16.4. The van der Waals surface area contributed by atoms with Crippen molar-refractivity contribution in [3.05, 3.63) is 194 Å². The Morgan fingerprint density at radius 1 is 0.484 bits per heavy atom. The Labute approximate surface area is 354 Å². The van der Waals surface area contributed by atoms with Gasteiger partial charge in [0, 0.05) is 49.5 Å². The third-order valence-electron chi connectivity index (χ3n) is 12.9. The Balaban J connectivity index is 1.10. The SMILES string of the molecule is C1=CC2Oc3ccc(-c4nc(-c5ccc6c(c5)oc5ccccc56)c5oc6ccc(-c7ccccc7)cc6c5n4)c(-n4c5ccccc5c5cc6ccccc6cc54)c3C2C=C1. The Bertz CT molecular complexity index is 3920. The van der Waals surface area contributed by atoms with Gasteiger partial charge in [0.1, 0.15) is 39.8 Å². The van der Waals surface area contributed by atoms with Crippen LogP contribution in [0.25, 0.3) is 116 Å². The summed E-state index contributed by atoms with van der Waals surface area (Å²) in [5, 5.41) is 7.79. The topological polar surface area (TPSA) is 66.2 Å². The molecule has 12 aromatic rings. The van der Waals surface area contributed by atoms with E-state index in [-0.39, 0.29) is 12.0 Å². The lowest BCUT2D eigenvalue weighted by atomic mass is 9.89. The summed E-state index contributed by atoms with van der Waals surface area (Å²) in [6.07, 6.45) is 8.51. The fourth-order valence-electron chi connectivity index (χ4n) is 10.1. The molecule has 0 saturated heterocycles. The predicted molar refractivity (Wildman–Crippen MR) is 250 cm³/mol. The average Bonchev–Trinajstić information content (AvgIpc) is 4.09. The van der Waals surface area contributed by atoms with E-state index in [1.807, 2.05) is 24.3 Å². The highest BCUT2D eigenvalue weighted by molar-refractivity contribution is 6.15. The van der Waals surface area contributed by atoms with E-state index in [2.05, 4.69) is 168 Å². The van der Waals surface area contributed by atoms with Crippen LogP contribution in [0.1, 0.15) is 11.5 Å². The minimum absolute atomic E-state index is 0.0106. The minimum atomic E-state index is -0.123. The lowest BCUT2D eigenvalue weighted by molar-refractivity contribution is 0.269. The number of furan rings is 2. The van der Waals surface area contributed by atoms with Crippen LogP contribution in [0.5, 0.6) is 5.75 Å². The van der Waals surface area contributed by atoms with Crippen LogP contribution in [0.15, 0.2) is 197 Å². The molecule has 4 aromatic heterocycles. The van der Waals surface area contributed by atoms with Crippen molar-refractivity contribution < 1.29 is 13.6 Å².